The van der Waals surface area contributed by atoms with Crippen LogP contribution in [0.5, 0.6) is 0 Å². The highest BCUT2D eigenvalue weighted by Gasteiger charge is 2.14. The first-order chi connectivity index (χ1) is 7.97. The van der Waals surface area contributed by atoms with Gasteiger partial charge in [-0.3, -0.25) is 4.68 Å². The van der Waals surface area contributed by atoms with E-state index in [9.17, 15) is 12.8 Å². The molecule has 0 aliphatic carbocycles. The highest BCUT2D eigenvalue weighted by Crippen LogP contribution is 2.15. The first kappa shape index (κ1) is 11.7. The first-order valence-electron chi connectivity index (χ1n) is 4.75. The molecular formula is C10H10FN3O2S. The Hall–Kier alpha value is -1.73. The topological polar surface area (TPSA) is 78.0 Å². The van der Waals surface area contributed by atoms with E-state index in [2.05, 4.69) is 5.10 Å². The molecule has 5 nitrogen and oxygen atoms in total. The Morgan fingerprint density at radius 3 is 2.76 bits per heavy atom. The van der Waals surface area contributed by atoms with Gasteiger partial charge in [0.05, 0.1) is 6.54 Å². The van der Waals surface area contributed by atoms with E-state index in [-0.39, 0.29) is 0 Å². The molecule has 0 aliphatic rings. The minimum absolute atomic E-state index is 0.357. The fourth-order valence-corrected chi connectivity index (χ4v) is 2.10. The number of rotatable bonds is 3. The molecule has 90 valence electrons. The molecule has 1 heterocycles. The van der Waals surface area contributed by atoms with Gasteiger partial charge in [-0.1, -0.05) is 6.07 Å². The Balaban J connectivity index is 2.38. The van der Waals surface area contributed by atoms with Gasteiger partial charge in [0, 0.05) is 12.4 Å². The summed E-state index contributed by atoms with van der Waals surface area (Å²) in [7, 11) is -4.04. The van der Waals surface area contributed by atoms with Crippen LogP contribution in [0.2, 0.25) is 0 Å². The zero-order valence-electron chi connectivity index (χ0n) is 8.75. The molecule has 2 N–H and O–H groups in total. The fraction of sp³-hybridized carbons (Fsp3) is 0.100. The zero-order valence-corrected chi connectivity index (χ0v) is 9.56. The third-order valence-electron chi connectivity index (χ3n) is 2.21. The number of hydrogen-bond donors (Lipinski definition) is 1. The van der Waals surface area contributed by atoms with E-state index in [1.165, 1.54) is 12.1 Å². The van der Waals surface area contributed by atoms with E-state index >= 15 is 0 Å². The Kier molecular flexibility index (Phi) is 2.95. The third-order valence-corrected chi connectivity index (χ3v) is 3.13. The average Bonchev–Trinajstić information content (AvgIpc) is 2.72. The van der Waals surface area contributed by atoms with Gasteiger partial charge in [0.1, 0.15) is 10.7 Å². The van der Waals surface area contributed by atoms with Crippen molar-refractivity contribution in [3.63, 3.8) is 0 Å². The van der Waals surface area contributed by atoms with Crippen LogP contribution in [0.3, 0.4) is 0 Å². The minimum Gasteiger partial charge on any atom is -0.268 e. The molecule has 2 aromatic rings. The van der Waals surface area contributed by atoms with E-state index in [0.29, 0.717) is 12.1 Å². The van der Waals surface area contributed by atoms with Crippen LogP contribution in [0.1, 0.15) is 5.56 Å². The van der Waals surface area contributed by atoms with Crippen molar-refractivity contribution in [1.82, 2.24) is 9.78 Å². The Morgan fingerprint density at radius 1 is 1.41 bits per heavy atom. The fourth-order valence-electron chi connectivity index (χ4n) is 1.45. The van der Waals surface area contributed by atoms with Gasteiger partial charge in [-0.2, -0.15) is 5.10 Å². The van der Waals surface area contributed by atoms with E-state index in [1.807, 2.05) is 0 Å². The SMILES string of the molecule is NS(=O)(=O)c1cc(Cn2cccn2)ccc1F. The van der Waals surface area contributed by atoms with E-state index < -0.39 is 20.7 Å². The van der Waals surface area contributed by atoms with Crippen LogP contribution in [0.15, 0.2) is 41.6 Å². The summed E-state index contributed by atoms with van der Waals surface area (Å²) in [5.41, 5.74) is 0.610. The molecule has 0 radical (unpaired) electrons. The van der Waals surface area contributed by atoms with Crippen LogP contribution >= 0.6 is 0 Å². The Labute approximate surface area is 97.7 Å². The molecule has 1 aromatic carbocycles. The summed E-state index contributed by atoms with van der Waals surface area (Å²) in [5.74, 6) is -0.850. The summed E-state index contributed by atoms with van der Waals surface area (Å²) in [6.45, 7) is 0.357. The second-order valence-corrected chi connectivity index (χ2v) is 5.04. The van der Waals surface area contributed by atoms with Gasteiger partial charge in [-0.25, -0.2) is 17.9 Å². The first-order valence-corrected chi connectivity index (χ1v) is 6.30. The molecular weight excluding hydrogens is 245 g/mol. The van der Waals surface area contributed by atoms with Gasteiger partial charge < -0.3 is 0 Å². The maximum absolute atomic E-state index is 13.3. The van der Waals surface area contributed by atoms with Gasteiger partial charge >= 0.3 is 0 Å². The van der Waals surface area contributed by atoms with Crippen molar-refractivity contribution in [1.29, 1.82) is 0 Å². The molecule has 0 aliphatic heterocycles. The van der Waals surface area contributed by atoms with Gasteiger partial charge in [0.15, 0.2) is 0 Å². The maximum atomic E-state index is 13.3. The Morgan fingerprint density at radius 2 is 2.18 bits per heavy atom. The summed E-state index contributed by atoms with van der Waals surface area (Å²) >= 11 is 0. The number of sulfonamides is 1. The van der Waals surface area contributed by atoms with Crippen LogP contribution in [-0.4, -0.2) is 18.2 Å². The van der Waals surface area contributed by atoms with Crippen molar-refractivity contribution in [3.05, 3.63) is 48.0 Å². The monoisotopic (exact) mass is 255 g/mol. The molecule has 0 bridgehead atoms. The normalized spacial score (nSPS) is 11.6. The van der Waals surface area contributed by atoms with E-state index in [0.717, 1.165) is 6.07 Å². The van der Waals surface area contributed by atoms with Crippen molar-refractivity contribution in [2.75, 3.05) is 0 Å². The average molecular weight is 255 g/mol. The molecule has 0 saturated carbocycles. The quantitative estimate of drug-likeness (QED) is 0.877. The molecule has 17 heavy (non-hydrogen) atoms. The number of nitrogens with two attached hydrogens (primary N) is 1. The molecule has 0 saturated heterocycles. The summed E-state index contributed by atoms with van der Waals surface area (Å²) in [6, 6.07) is 5.53. The lowest BCUT2D eigenvalue weighted by molar-refractivity contribution is 0.566. The standard InChI is InChI=1S/C10H10FN3O2S/c11-9-3-2-8(6-10(9)17(12,15)16)7-14-5-1-4-13-14/h1-6H,7H2,(H2,12,15,16). The highest BCUT2D eigenvalue weighted by atomic mass is 32.2. The lowest BCUT2D eigenvalue weighted by Crippen LogP contribution is -2.14. The summed E-state index contributed by atoms with van der Waals surface area (Å²) in [5, 5.41) is 8.88. The number of primary sulfonamides is 1. The lowest BCUT2D eigenvalue weighted by Gasteiger charge is -2.05. The van der Waals surface area contributed by atoms with Gasteiger partial charge in [0.2, 0.25) is 10.0 Å². The molecule has 0 unspecified atom stereocenters. The summed E-state index contributed by atoms with van der Waals surface area (Å²) in [6.07, 6.45) is 3.32. The molecule has 1 aromatic heterocycles. The van der Waals surface area contributed by atoms with Crippen LogP contribution in [0.25, 0.3) is 0 Å². The van der Waals surface area contributed by atoms with E-state index in [1.54, 1.807) is 23.1 Å². The smallest absolute Gasteiger partial charge is 0.240 e. The number of nitrogens with zero attached hydrogens (tertiary/aromatic N) is 2. The Bertz CT molecular complexity index is 623. The highest BCUT2D eigenvalue weighted by molar-refractivity contribution is 7.89. The number of halogens is 1. The van der Waals surface area contributed by atoms with Gasteiger partial charge in [-0.15, -0.1) is 0 Å². The second kappa shape index (κ2) is 4.27. The predicted octanol–water partition coefficient (Wildman–Crippen LogP) is 0.718. The molecule has 0 atom stereocenters. The lowest BCUT2D eigenvalue weighted by atomic mass is 10.2. The van der Waals surface area contributed by atoms with Crippen molar-refractivity contribution in [3.8, 4) is 0 Å². The zero-order chi connectivity index (χ0) is 12.5. The van der Waals surface area contributed by atoms with Crippen LogP contribution in [0, 0.1) is 5.82 Å². The van der Waals surface area contributed by atoms with E-state index in [4.69, 9.17) is 5.14 Å². The molecule has 0 spiro atoms. The van der Waals surface area contributed by atoms with Crippen LogP contribution < -0.4 is 5.14 Å². The van der Waals surface area contributed by atoms with Crippen molar-refractivity contribution >= 4 is 10.0 Å². The van der Waals surface area contributed by atoms with Crippen molar-refractivity contribution < 1.29 is 12.8 Å². The largest absolute Gasteiger partial charge is 0.268 e. The molecule has 2 rings (SSSR count). The van der Waals surface area contributed by atoms with Crippen LogP contribution in [-0.2, 0) is 16.6 Å². The van der Waals surface area contributed by atoms with Gasteiger partial charge in [-0.05, 0) is 23.8 Å². The minimum atomic E-state index is -4.04. The summed E-state index contributed by atoms with van der Waals surface area (Å²) < 4.78 is 37.1. The molecule has 0 fully saturated rings. The third kappa shape index (κ3) is 2.69. The second-order valence-electron chi connectivity index (χ2n) is 3.51. The maximum Gasteiger partial charge on any atom is 0.240 e. The number of hydrogen-bond acceptors (Lipinski definition) is 3. The molecule has 0 amide bonds. The predicted molar refractivity (Wildman–Crippen MR) is 59.1 cm³/mol. The summed E-state index contributed by atoms with van der Waals surface area (Å²) in [4.78, 5) is -0.498. The van der Waals surface area contributed by atoms with Gasteiger partial charge in [0.25, 0.3) is 0 Å². The molecule has 7 heteroatoms. The van der Waals surface area contributed by atoms with Crippen molar-refractivity contribution in [2.45, 2.75) is 11.4 Å². The van der Waals surface area contributed by atoms with Crippen molar-refractivity contribution in [2.24, 2.45) is 5.14 Å². The number of benzene rings is 1. The number of aromatic nitrogens is 2. The van der Waals surface area contributed by atoms with Crippen LogP contribution in [0.4, 0.5) is 4.39 Å².